The van der Waals surface area contributed by atoms with E-state index in [0.717, 1.165) is 49.0 Å². The molecule has 14 nitrogen and oxygen atoms in total. The van der Waals surface area contributed by atoms with E-state index < -0.39 is 65.8 Å². The third-order valence-corrected chi connectivity index (χ3v) is 11.9. The number of thiocarbonyl (C=S) groups is 1. The lowest BCUT2D eigenvalue weighted by atomic mass is 10.0. The molecule has 53 heavy (non-hydrogen) atoms. The molecule has 276 valence electrons. The molecule has 1 saturated heterocycles. The molecule has 0 unspecified atom stereocenters. The molecule has 19 heteroatoms. The molecule has 0 radical (unpaired) electrons. The summed E-state index contributed by atoms with van der Waals surface area (Å²) in [5, 5.41) is 29.4. The summed E-state index contributed by atoms with van der Waals surface area (Å²) < 4.78 is 5.48. The first-order valence-electron chi connectivity index (χ1n) is 15.3. The van der Waals surface area contributed by atoms with Crippen LogP contribution in [0.25, 0.3) is 10.8 Å². The van der Waals surface area contributed by atoms with Gasteiger partial charge in [0.15, 0.2) is 0 Å². The maximum absolute atomic E-state index is 14.0. The number of hydrogen-bond acceptors (Lipinski definition) is 12. The Morgan fingerprint density at radius 2 is 1.70 bits per heavy atom. The number of carboxylic acids is 3. The molecule has 3 N–H and O–H groups in total. The number of rotatable bonds is 12. The minimum absolute atomic E-state index is 0.138. The Hall–Kier alpha value is -4.88. The zero-order chi connectivity index (χ0) is 38.7. The summed E-state index contributed by atoms with van der Waals surface area (Å²) in [6.45, 7) is -0.776. The zero-order valence-electron chi connectivity index (χ0n) is 28.0. The number of carboxylic acid groups (broad SMARTS) is 3. The number of halogens is 1. The van der Waals surface area contributed by atoms with Crippen molar-refractivity contribution in [2.45, 2.75) is 24.8 Å². The van der Waals surface area contributed by atoms with Crippen LogP contribution in [0.4, 0.5) is 5.69 Å². The summed E-state index contributed by atoms with van der Waals surface area (Å²) >= 11 is 14.4. The van der Waals surface area contributed by atoms with Crippen LogP contribution in [-0.4, -0.2) is 91.0 Å². The van der Waals surface area contributed by atoms with Gasteiger partial charge in [-0.2, -0.15) is 0 Å². The number of carbonyl (C=O) groups excluding carboxylic acids is 2. The quantitative estimate of drug-likeness (QED) is 0.179. The minimum atomic E-state index is -1.46. The lowest BCUT2D eigenvalue weighted by Gasteiger charge is -2.21. The maximum atomic E-state index is 14.0. The largest absolute Gasteiger partial charge is 0.480 e. The number of anilines is 1. The van der Waals surface area contributed by atoms with Gasteiger partial charge >= 0.3 is 23.8 Å². The molecule has 0 aliphatic carbocycles. The molecule has 2 aliphatic heterocycles. The number of aliphatic carboxylic acids is 3. The monoisotopic (exact) mass is 816 g/mol. The highest BCUT2D eigenvalue weighted by molar-refractivity contribution is 8.07. The highest BCUT2D eigenvalue weighted by atomic mass is 35.5. The van der Waals surface area contributed by atoms with Crippen LogP contribution >= 0.6 is 58.7 Å². The predicted octanol–water partition coefficient (Wildman–Crippen LogP) is 2.89. The second-order valence-electron chi connectivity index (χ2n) is 11.4. The van der Waals surface area contributed by atoms with Gasteiger partial charge in [-0.05, 0) is 54.2 Å². The first-order valence-corrected chi connectivity index (χ1v) is 18.9. The van der Waals surface area contributed by atoms with E-state index in [4.69, 9.17) is 28.6 Å². The van der Waals surface area contributed by atoms with Crippen molar-refractivity contribution in [3.63, 3.8) is 0 Å². The van der Waals surface area contributed by atoms with E-state index in [1.165, 1.54) is 24.1 Å². The SMILES string of the molecule is CS/C(=c1/s/c(=C2/OC(=S)N(CC(=O)O)C2=O)n(CC(=O)O)c1=O)N(CC(=O)O)C(=O)C=C/C(Cc1ccccc1)=C1/Sc2cc(C)c(Cl)cc2N1C. The highest BCUT2D eigenvalue weighted by Gasteiger charge is 2.37. The second-order valence-corrected chi connectivity index (χ2v) is 15.0. The van der Waals surface area contributed by atoms with Crippen LogP contribution in [0.1, 0.15) is 11.1 Å². The van der Waals surface area contributed by atoms with E-state index in [1.54, 1.807) is 6.08 Å². The van der Waals surface area contributed by atoms with E-state index >= 15 is 0 Å². The summed E-state index contributed by atoms with van der Waals surface area (Å²) in [4.78, 5) is 80.6. The molecule has 2 amide bonds. The topological polar surface area (TPSA) is 187 Å². The smallest absolute Gasteiger partial charge is 0.323 e. The number of fused-ring (bicyclic) bond motifs is 1. The first kappa shape index (κ1) is 39.3. The van der Waals surface area contributed by atoms with E-state index in [-0.39, 0.29) is 14.2 Å². The normalized spacial score (nSPS) is 16.5. The maximum Gasteiger partial charge on any atom is 0.323 e. The van der Waals surface area contributed by atoms with Crippen LogP contribution in [-0.2, 0) is 41.7 Å². The van der Waals surface area contributed by atoms with Crippen molar-refractivity contribution in [1.29, 1.82) is 0 Å². The Bertz CT molecular complexity index is 2320. The standard InChI is InChI=1S/C34H29ClN4O10S4/c1-17-11-22-21(13-20(17)35)36(2)31(52-22)19(12-18-7-5-4-6-8-18)9-10-23(40)37(14-24(41)42)33(51-3)28-30(48)38(15-25(43)44)32(53-28)27-29(47)39(16-26(45)46)34(50)49-27/h4-11,13H,12,14-16H2,1-3H3,(H,41,42)(H,43,44)(H,45,46)/b10-9?,31-19-,32-27+,33-28+. The molecule has 2 aliphatic rings. The van der Waals surface area contributed by atoms with Gasteiger partial charge in [0.1, 0.15) is 33.9 Å². The van der Waals surface area contributed by atoms with Gasteiger partial charge in [-0.1, -0.05) is 59.8 Å². The fourth-order valence-electron chi connectivity index (χ4n) is 5.34. The number of carbonyl (C=O) groups is 5. The molecule has 3 aromatic rings. The number of ether oxygens (including phenoxy) is 1. The van der Waals surface area contributed by atoms with E-state index in [0.29, 0.717) is 32.2 Å². The van der Waals surface area contributed by atoms with Crippen LogP contribution in [0, 0.1) is 6.92 Å². The number of allylic oxidation sites excluding steroid dienone is 2. The van der Waals surface area contributed by atoms with Crippen molar-refractivity contribution >= 4 is 110 Å². The minimum Gasteiger partial charge on any atom is -0.480 e. The number of aryl methyl sites for hydroxylation is 1. The van der Waals surface area contributed by atoms with Crippen molar-refractivity contribution in [3.8, 4) is 0 Å². The van der Waals surface area contributed by atoms with Gasteiger partial charge in [-0.25, -0.2) is 0 Å². The Labute approximate surface area is 323 Å². The zero-order valence-corrected chi connectivity index (χ0v) is 32.0. The molecular formula is C34H29ClN4O10S4. The average Bonchev–Trinajstić information content (AvgIpc) is 3.68. The summed E-state index contributed by atoms with van der Waals surface area (Å²) in [5.74, 6) is -6.69. The summed E-state index contributed by atoms with van der Waals surface area (Å²) in [6, 6.07) is 13.3. The van der Waals surface area contributed by atoms with Gasteiger partial charge in [0.2, 0.25) is 5.76 Å². The number of nitrogens with zero attached hydrogens (tertiary/aromatic N) is 4. The van der Waals surface area contributed by atoms with Gasteiger partial charge < -0.3 is 25.0 Å². The van der Waals surface area contributed by atoms with Crippen molar-refractivity contribution in [3.05, 3.63) is 101 Å². The van der Waals surface area contributed by atoms with E-state index in [1.807, 2.05) is 61.3 Å². The lowest BCUT2D eigenvalue weighted by molar-refractivity contribution is -0.140. The van der Waals surface area contributed by atoms with Gasteiger partial charge in [0, 0.05) is 29.5 Å². The fourth-order valence-corrected chi connectivity index (χ4v) is 9.07. The number of benzene rings is 2. The van der Waals surface area contributed by atoms with Crippen molar-refractivity contribution in [2.75, 3.05) is 31.3 Å². The third-order valence-electron chi connectivity index (χ3n) is 7.76. The number of thioether (sulfide) groups is 2. The number of aromatic nitrogens is 1. The fraction of sp³-hybridized carbons (Fsp3) is 0.206. The summed E-state index contributed by atoms with van der Waals surface area (Å²) in [5.41, 5.74) is 2.47. The number of amides is 2. The molecular weight excluding hydrogens is 788 g/mol. The average molecular weight is 817 g/mol. The molecule has 0 saturated carbocycles. The summed E-state index contributed by atoms with van der Waals surface area (Å²) in [6.07, 6.45) is 4.68. The third kappa shape index (κ3) is 8.52. The van der Waals surface area contributed by atoms with Gasteiger partial charge in [-0.15, -0.1) is 23.1 Å². The second kappa shape index (κ2) is 16.4. The molecule has 0 spiro atoms. The van der Waals surface area contributed by atoms with Crippen LogP contribution in [0.3, 0.4) is 0 Å². The molecule has 5 rings (SSSR count). The van der Waals surface area contributed by atoms with Gasteiger partial charge in [-0.3, -0.25) is 43.1 Å². The van der Waals surface area contributed by atoms with Gasteiger partial charge in [0.05, 0.1) is 10.7 Å². The van der Waals surface area contributed by atoms with Crippen LogP contribution in [0.2, 0.25) is 5.02 Å². The molecule has 3 heterocycles. The van der Waals surface area contributed by atoms with Gasteiger partial charge in [0.25, 0.3) is 16.6 Å². The Balaban J connectivity index is 1.65. The Morgan fingerprint density at radius 1 is 1.02 bits per heavy atom. The molecule has 2 aromatic carbocycles. The van der Waals surface area contributed by atoms with Crippen molar-refractivity contribution in [2.24, 2.45) is 0 Å². The Kier molecular flexibility index (Phi) is 12.2. The molecule has 0 bridgehead atoms. The highest BCUT2D eigenvalue weighted by Crippen LogP contribution is 2.48. The predicted molar refractivity (Wildman–Crippen MR) is 205 cm³/mol. The lowest BCUT2D eigenvalue weighted by Crippen LogP contribution is -2.40. The van der Waals surface area contributed by atoms with E-state index in [2.05, 4.69) is 0 Å². The summed E-state index contributed by atoms with van der Waals surface area (Å²) in [7, 11) is 1.87. The van der Waals surface area contributed by atoms with Crippen LogP contribution in [0.5, 0.6) is 0 Å². The Morgan fingerprint density at radius 3 is 2.32 bits per heavy atom. The number of hydrogen-bond donors (Lipinski definition) is 3. The van der Waals surface area contributed by atoms with Crippen molar-refractivity contribution in [1.82, 2.24) is 14.4 Å². The van der Waals surface area contributed by atoms with Crippen LogP contribution in [0.15, 0.2) is 74.9 Å². The van der Waals surface area contributed by atoms with Crippen LogP contribution < -0.4 is 19.7 Å². The van der Waals surface area contributed by atoms with Crippen molar-refractivity contribution < 1.29 is 44.0 Å². The molecule has 1 fully saturated rings. The first-order chi connectivity index (χ1) is 25.1. The molecule has 1 aromatic heterocycles. The van der Waals surface area contributed by atoms with E-state index in [9.17, 15) is 44.1 Å². The number of thiazole rings is 1. The molecule has 0 atom stereocenters.